The molecular formula is C21H36N10O4Si. The Morgan fingerprint density at radius 3 is 2.50 bits per heavy atom. The Morgan fingerprint density at radius 2 is 1.78 bits per heavy atom. The maximum Gasteiger partial charge on any atom is 0.500 e. The van der Waals surface area contributed by atoms with Gasteiger partial charge in [-0.25, -0.2) is 19.7 Å². The second kappa shape index (κ2) is 13.8. The van der Waals surface area contributed by atoms with Gasteiger partial charge in [-0.05, 0) is 33.6 Å². The van der Waals surface area contributed by atoms with E-state index < -0.39 is 8.80 Å². The molecule has 0 bridgehead atoms. The molecule has 0 fully saturated rings. The SMILES string of the molecule is CCO[Si](CCCNC(=O)NCc1cn(CCCn2cnc3c(N)ncnc32)nn1)(OCC)OCC. The molecule has 15 heteroatoms. The number of nitrogens with one attached hydrogen (secondary N) is 2. The zero-order chi connectivity index (χ0) is 25.8. The van der Waals surface area contributed by atoms with Gasteiger partial charge in [-0.3, -0.25) is 4.68 Å². The molecule has 0 aliphatic carbocycles. The molecule has 198 valence electrons. The van der Waals surface area contributed by atoms with Crippen molar-refractivity contribution in [2.45, 2.75) is 59.3 Å². The quantitative estimate of drug-likeness (QED) is 0.185. The summed E-state index contributed by atoms with van der Waals surface area (Å²) < 4.78 is 21.2. The monoisotopic (exact) mass is 520 g/mol. The number of carbonyl (C=O) groups is 1. The van der Waals surface area contributed by atoms with E-state index in [2.05, 4.69) is 35.9 Å². The van der Waals surface area contributed by atoms with Crippen LogP contribution in [0.4, 0.5) is 10.6 Å². The summed E-state index contributed by atoms with van der Waals surface area (Å²) in [6, 6.07) is 0.376. The van der Waals surface area contributed by atoms with Crippen LogP contribution in [0.1, 0.15) is 39.3 Å². The maximum atomic E-state index is 12.2. The molecule has 0 radical (unpaired) electrons. The van der Waals surface area contributed by atoms with E-state index in [0.717, 1.165) is 6.42 Å². The van der Waals surface area contributed by atoms with Crippen LogP contribution in [0.5, 0.6) is 0 Å². The van der Waals surface area contributed by atoms with Gasteiger partial charge in [0.2, 0.25) is 0 Å². The number of fused-ring (bicyclic) bond motifs is 1. The fourth-order valence-electron chi connectivity index (χ4n) is 3.74. The van der Waals surface area contributed by atoms with Crippen LogP contribution in [-0.4, -0.2) is 75.7 Å². The van der Waals surface area contributed by atoms with Crippen LogP contribution in [0, 0.1) is 0 Å². The lowest BCUT2D eigenvalue weighted by molar-refractivity contribution is 0.0708. The summed E-state index contributed by atoms with van der Waals surface area (Å²) in [5, 5.41) is 13.9. The Bertz CT molecular complexity index is 1070. The topological polar surface area (TPSA) is 169 Å². The Kier molecular flexibility index (Phi) is 10.5. The molecule has 36 heavy (non-hydrogen) atoms. The Labute approximate surface area is 211 Å². The molecular weight excluding hydrogens is 484 g/mol. The Balaban J connectivity index is 1.35. The molecule has 0 unspecified atom stereocenters. The average Bonchev–Trinajstić information content (AvgIpc) is 3.49. The summed E-state index contributed by atoms with van der Waals surface area (Å²) in [6.07, 6.45) is 6.44. The van der Waals surface area contributed by atoms with Gasteiger partial charge in [-0.2, -0.15) is 0 Å². The maximum absolute atomic E-state index is 12.2. The fraction of sp³-hybridized carbons (Fsp3) is 0.619. The van der Waals surface area contributed by atoms with E-state index >= 15 is 0 Å². The van der Waals surface area contributed by atoms with Crippen LogP contribution in [0.2, 0.25) is 6.04 Å². The van der Waals surface area contributed by atoms with Gasteiger partial charge in [0.05, 0.1) is 19.1 Å². The normalized spacial score (nSPS) is 11.8. The molecule has 14 nitrogen and oxygen atoms in total. The van der Waals surface area contributed by atoms with E-state index in [1.165, 1.54) is 6.33 Å². The highest BCUT2D eigenvalue weighted by molar-refractivity contribution is 6.60. The van der Waals surface area contributed by atoms with Crippen molar-refractivity contribution < 1.29 is 18.1 Å². The summed E-state index contributed by atoms with van der Waals surface area (Å²) in [5.74, 6) is 0.368. The van der Waals surface area contributed by atoms with Crippen LogP contribution in [0.25, 0.3) is 11.2 Å². The molecule has 4 N–H and O–H groups in total. The predicted molar refractivity (Wildman–Crippen MR) is 135 cm³/mol. The van der Waals surface area contributed by atoms with E-state index in [1.54, 1.807) is 11.0 Å². The van der Waals surface area contributed by atoms with Gasteiger partial charge < -0.3 is 34.2 Å². The molecule has 0 saturated carbocycles. The highest BCUT2D eigenvalue weighted by atomic mass is 28.4. The van der Waals surface area contributed by atoms with Gasteiger partial charge in [0, 0.05) is 45.5 Å². The van der Waals surface area contributed by atoms with Crippen molar-refractivity contribution in [3.63, 3.8) is 0 Å². The molecule has 0 saturated heterocycles. The van der Waals surface area contributed by atoms with Crippen molar-refractivity contribution in [3.8, 4) is 0 Å². The number of hydrogen-bond acceptors (Lipinski definition) is 10. The van der Waals surface area contributed by atoms with Crippen LogP contribution in [-0.2, 0) is 32.9 Å². The first-order valence-electron chi connectivity index (χ1n) is 12.2. The number of rotatable bonds is 16. The summed E-state index contributed by atoms with van der Waals surface area (Å²) >= 11 is 0. The van der Waals surface area contributed by atoms with Crippen LogP contribution in [0.15, 0.2) is 18.9 Å². The van der Waals surface area contributed by atoms with Crippen LogP contribution < -0.4 is 16.4 Å². The third-order valence-electron chi connectivity index (χ3n) is 5.27. The number of nitrogens with two attached hydrogens (primary N) is 1. The number of nitrogen functional groups attached to an aromatic ring is 1. The number of urea groups is 1. The van der Waals surface area contributed by atoms with Crippen molar-refractivity contribution in [3.05, 3.63) is 24.5 Å². The number of aryl methyl sites for hydroxylation is 2. The fourth-order valence-corrected chi connectivity index (χ4v) is 6.35. The number of aromatic nitrogens is 7. The minimum atomic E-state index is -2.69. The molecule has 0 aliphatic heterocycles. The summed E-state index contributed by atoms with van der Waals surface area (Å²) in [5.41, 5.74) is 7.81. The summed E-state index contributed by atoms with van der Waals surface area (Å²) in [6.45, 7) is 9.50. The standard InChI is InChI=1S/C21H36N10O4Si/c1-4-33-36(34-5-2,35-6-3)12-7-9-23-21(32)24-13-17-14-31(29-28-17)11-8-10-30-16-27-18-19(22)25-15-26-20(18)30/h14-16H,4-13H2,1-3H3,(H2,22,25,26)(H2,23,24,32). The van der Waals surface area contributed by atoms with Crippen molar-refractivity contribution in [2.24, 2.45) is 0 Å². The molecule has 0 aromatic carbocycles. The van der Waals surface area contributed by atoms with E-state index in [0.29, 0.717) is 74.6 Å². The molecule has 3 heterocycles. The lowest BCUT2D eigenvalue weighted by atomic mass is 10.4. The second-order valence-electron chi connectivity index (χ2n) is 7.89. The highest BCUT2D eigenvalue weighted by Gasteiger charge is 2.39. The van der Waals surface area contributed by atoms with Gasteiger partial charge in [0.1, 0.15) is 17.5 Å². The van der Waals surface area contributed by atoms with Gasteiger partial charge >= 0.3 is 14.8 Å². The van der Waals surface area contributed by atoms with E-state index in [4.69, 9.17) is 19.0 Å². The van der Waals surface area contributed by atoms with E-state index in [9.17, 15) is 4.79 Å². The number of nitrogens with zero attached hydrogens (tertiary/aromatic N) is 7. The first kappa shape index (κ1) is 27.4. The zero-order valence-corrected chi connectivity index (χ0v) is 22.1. The van der Waals surface area contributed by atoms with Crippen molar-refractivity contribution in [1.82, 2.24) is 45.1 Å². The number of amides is 2. The van der Waals surface area contributed by atoms with E-state index in [1.807, 2.05) is 31.5 Å². The minimum Gasteiger partial charge on any atom is -0.382 e. The average molecular weight is 521 g/mol. The Hall–Kier alpha value is -3.14. The number of carbonyl (C=O) groups excluding carboxylic acids is 1. The molecule has 0 aliphatic rings. The van der Waals surface area contributed by atoms with Crippen molar-refractivity contribution in [2.75, 3.05) is 32.1 Å². The van der Waals surface area contributed by atoms with Gasteiger partial charge in [0.25, 0.3) is 0 Å². The number of imidazole rings is 1. The minimum absolute atomic E-state index is 0.269. The first-order valence-corrected chi connectivity index (χ1v) is 14.2. The van der Waals surface area contributed by atoms with Crippen molar-refractivity contribution in [1.29, 1.82) is 0 Å². The molecule has 0 spiro atoms. The predicted octanol–water partition coefficient (Wildman–Crippen LogP) is 1.33. The van der Waals surface area contributed by atoms with Gasteiger partial charge in [-0.15, -0.1) is 5.10 Å². The molecule has 3 rings (SSSR count). The largest absolute Gasteiger partial charge is 0.500 e. The van der Waals surface area contributed by atoms with Crippen LogP contribution in [0.3, 0.4) is 0 Å². The second-order valence-corrected chi connectivity index (χ2v) is 10.6. The summed E-state index contributed by atoms with van der Waals surface area (Å²) in [4.78, 5) is 24.6. The van der Waals surface area contributed by atoms with Gasteiger partial charge in [0.15, 0.2) is 11.5 Å². The third-order valence-corrected chi connectivity index (χ3v) is 8.42. The lowest BCUT2D eigenvalue weighted by Gasteiger charge is -2.28. The van der Waals surface area contributed by atoms with E-state index in [-0.39, 0.29) is 12.6 Å². The molecule has 0 atom stereocenters. The molecule has 3 aromatic rings. The van der Waals surface area contributed by atoms with Gasteiger partial charge in [-0.1, -0.05) is 5.21 Å². The molecule has 2 amide bonds. The number of hydrogen-bond donors (Lipinski definition) is 3. The first-order chi connectivity index (χ1) is 17.5. The number of anilines is 1. The summed E-state index contributed by atoms with van der Waals surface area (Å²) in [7, 11) is -2.69. The zero-order valence-electron chi connectivity index (χ0n) is 21.1. The lowest BCUT2D eigenvalue weighted by Crippen LogP contribution is -2.46. The van der Waals surface area contributed by atoms with Crippen LogP contribution >= 0.6 is 0 Å². The van der Waals surface area contributed by atoms with Crippen molar-refractivity contribution >= 4 is 31.8 Å². The third kappa shape index (κ3) is 7.68. The Morgan fingerprint density at radius 1 is 1.03 bits per heavy atom. The molecule has 3 aromatic heterocycles. The highest BCUT2D eigenvalue weighted by Crippen LogP contribution is 2.18. The smallest absolute Gasteiger partial charge is 0.382 e.